The lowest BCUT2D eigenvalue weighted by Gasteiger charge is -1.90. The Balaban J connectivity index is 3.05. The molecule has 0 saturated carbocycles. The maximum atomic E-state index is 10.8. The molecule has 0 aromatic carbocycles. The molecule has 0 amide bonds. The van der Waals surface area contributed by atoms with Crippen LogP contribution in [0.4, 0.5) is 0 Å². The molecule has 72 valence electrons. The number of rotatable bonds is 2. The second kappa shape index (κ2) is 3.38. The zero-order chi connectivity index (χ0) is 10.1. The van der Waals surface area contributed by atoms with Gasteiger partial charge in [0, 0.05) is 17.2 Å². The molecule has 13 heavy (non-hydrogen) atoms. The van der Waals surface area contributed by atoms with Crippen molar-refractivity contribution in [1.82, 2.24) is 0 Å². The Kier molecular flexibility index (Phi) is 2.61. The molecule has 0 aliphatic heterocycles. The first-order valence-corrected chi connectivity index (χ1v) is 5.78. The van der Waals surface area contributed by atoms with Crippen molar-refractivity contribution in [2.75, 3.05) is 6.26 Å². The lowest BCUT2D eigenvalue weighted by atomic mass is 10.2. The smallest absolute Gasteiger partial charge is 0.168 e. The summed E-state index contributed by atoms with van der Waals surface area (Å²) in [5.41, 5.74) is 1.78. The summed E-state index contributed by atoms with van der Waals surface area (Å²) in [5, 5.41) is 1.18. The van der Waals surface area contributed by atoms with E-state index in [1.54, 1.807) is 19.3 Å². The molecule has 4 heteroatoms. The first-order valence-electron chi connectivity index (χ1n) is 3.83. The largest absolute Gasteiger partial charge is 0.469 e. The van der Waals surface area contributed by atoms with Gasteiger partial charge in [-0.25, -0.2) is 8.42 Å². The van der Waals surface area contributed by atoms with Crippen molar-refractivity contribution >= 4 is 15.9 Å². The molecule has 0 N–H and O–H groups in total. The maximum Gasteiger partial charge on any atom is 0.168 e. The Hall–Kier alpha value is -1.03. The monoisotopic (exact) mass is 200 g/mol. The standard InChI is InChI=1S/C9H12O3S/c1-7-6-12-8(2)9(7)4-5-13(3,10)11/h4-6H,1-3H3/b5-4+. The van der Waals surface area contributed by atoms with E-state index >= 15 is 0 Å². The summed E-state index contributed by atoms with van der Waals surface area (Å²) in [4.78, 5) is 0. The molecule has 0 radical (unpaired) electrons. The van der Waals surface area contributed by atoms with Crippen molar-refractivity contribution in [2.24, 2.45) is 0 Å². The molecule has 1 aromatic rings. The van der Waals surface area contributed by atoms with Crippen LogP contribution >= 0.6 is 0 Å². The van der Waals surface area contributed by atoms with Gasteiger partial charge in [0.2, 0.25) is 0 Å². The fraction of sp³-hybridized carbons (Fsp3) is 0.333. The molecule has 0 aliphatic rings. The van der Waals surface area contributed by atoms with Crippen molar-refractivity contribution in [2.45, 2.75) is 13.8 Å². The molecule has 0 fully saturated rings. The van der Waals surface area contributed by atoms with Crippen LogP contribution < -0.4 is 0 Å². The van der Waals surface area contributed by atoms with E-state index in [2.05, 4.69) is 0 Å². The Bertz CT molecular complexity index is 404. The number of aryl methyl sites for hydroxylation is 2. The molecule has 0 unspecified atom stereocenters. The van der Waals surface area contributed by atoms with Gasteiger partial charge in [0.05, 0.1) is 6.26 Å². The van der Waals surface area contributed by atoms with Gasteiger partial charge in [-0.1, -0.05) is 0 Å². The van der Waals surface area contributed by atoms with Gasteiger partial charge < -0.3 is 4.42 Å². The Labute approximate surface area is 78.0 Å². The summed E-state index contributed by atoms with van der Waals surface area (Å²) in [6, 6.07) is 0. The van der Waals surface area contributed by atoms with Gasteiger partial charge in [-0.15, -0.1) is 0 Å². The topological polar surface area (TPSA) is 47.3 Å². The zero-order valence-electron chi connectivity index (χ0n) is 7.87. The second-order valence-corrected chi connectivity index (χ2v) is 4.95. The van der Waals surface area contributed by atoms with Crippen molar-refractivity contribution in [3.8, 4) is 0 Å². The SMILES string of the molecule is Cc1coc(C)c1/C=C/S(C)(=O)=O. The molecular weight excluding hydrogens is 188 g/mol. The minimum absolute atomic E-state index is 0.734. The Morgan fingerprint density at radius 3 is 2.38 bits per heavy atom. The number of furan rings is 1. The fourth-order valence-electron chi connectivity index (χ4n) is 1.02. The van der Waals surface area contributed by atoms with Gasteiger partial charge >= 0.3 is 0 Å². The van der Waals surface area contributed by atoms with Gasteiger partial charge in [-0.2, -0.15) is 0 Å². The Morgan fingerprint density at radius 1 is 1.38 bits per heavy atom. The molecule has 1 aromatic heterocycles. The van der Waals surface area contributed by atoms with Gasteiger partial charge in [-0.05, 0) is 25.5 Å². The third-order valence-corrected chi connectivity index (χ3v) is 2.33. The highest BCUT2D eigenvalue weighted by Gasteiger charge is 2.03. The first-order chi connectivity index (χ1) is 5.90. The van der Waals surface area contributed by atoms with E-state index in [1.807, 2.05) is 6.92 Å². The second-order valence-electron chi connectivity index (χ2n) is 3.02. The van der Waals surface area contributed by atoms with Crippen molar-refractivity contribution in [3.05, 3.63) is 28.6 Å². The van der Waals surface area contributed by atoms with E-state index in [0.717, 1.165) is 23.1 Å². The maximum absolute atomic E-state index is 10.8. The molecule has 0 bridgehead atoms. The van der Waals surface area contributed by atoms with Crippen LogP contribution in [0.5, 0.6) is 0 Å². The van der Waals surface area contributed by atoms with Gasteiger partial charge in [0.25, 0.3) is 0 Å². The van der Waals surface area contributed by atoms with Crippen LogP contribution in [0.3, 0.4) is 0 Å². The third-order valence-electron chi connectivity index (χ3n) is 1.70. The average Bonchev–Trinajstić information content (AvgIpc) is 2.27. The number of sulfone groups is 1. The lowest BCUT2D eigenvalue weighted by Crippen LogP contribution is -1.88. The van der Waals surface area contributed by atoms with E-state index in [-0.39, 0.29) is 0 Å². The summed E-state index contributed by atoms with van der Waals surface area (Å²) in [7, 11) is -3.06. The van der Waals surface area contributed by atoms with Gasteiger partial charge in [0.15, 0.2) is 9.84 Å². The zero-order valence-corrected chi connectivity index (χ0v) is 8.68. The normalized spacial score (nSPS) is 12.5. The molecule has 1 rings (SSSR count). The third kappa shape index (κ3) is 2.73. The summed E-state index contributed by atoms with van der Waals surface area (Å²) in [6.07, 6.45) is 4.33. The summed E-state index contributed by atoms with van der Waals surface area (Å²) in [5.74, 6) is 0.734. The lowest BCUT2D eigenvalue weighted by molar-refractivity contribution is 0.532. The minimum Gasteiger partial charge on any atom is -0.469 e. The van der Waals surface area contributed by atoms with Crippen molar-refractivity contribution in [1.29, 1.82) is 0 Å². The predicted octanol–water partition coefficient (Wildman–Crippen LogP) is 1.91. The van der Waals surface area contributed by atoms with E-state index in [1.165, 1.54) is 5.41 Å². The molecule has 0 saturated heterocycles. The predicted molar refractivity (Wildman–Crippen MR) is 52.1 cm³/mol. The highest BCUT2D eigenvalue weighted by molar-refractivity contribution is 7.93. The van der Waals surface area contributed by atoms with E-state index in [9.17, 15) is 8.42 Å². The summed E-state index contributed by atoms with van der Waals surface area (Å²) in [6.45, 7) is 3.67. The minimum atomic E-state index is -3.06. The van der Waals surface area contributed by atoms with Crippen LogP contribution in [-0.4, -0.2) is 14.7 Å². The van der Waals surface area contributed by atoms with Crippen LogP contribution in [0.15, 0.2) is 16.1 Å². The first kappa shape index (κ1) is 10.1. The molecule has 0 atom stereocenters. The average molecular weight is 200 g/mol. The quantitative estimate of drug-likeness (QED) is 0.732. The molecule has 1 heterocycles. The number of hydrogen-bond donors (Lipinski definition) is 0. The molecule has 3 nitrogen and oxygen atoms in total. The highest BCUT2D eigenvalue weighted by atomic mass is 32.2. The van der Waals surface area contributed by atoms with E-state index in [4.69, 9.17) is 4.42 Å². The highest BCUT2D eigenvalue weighted by Crippen LogP contribution is 2.17. The fourth-order valence-corrected chi connectivity index (χ4v) is 1.41. The molecule has 0 spiro atoms. The van der Waals surface area contributed by atoms with Gasteiger partial charge in [-0.3, -0.25) is 0 Å². The van der Waals surface area contributed by atoms with E-state index < -0.39 is 9.84 Å². The number of hydrogen-bond acceptors (Lipinski definition) is 3. The van der Waals surface area contributed by atoms with Gasteiger partial charge in [0.1, 0.15) is 5.76 Å². The molecular formula is C9H12O3S. The van der Waals surface area contributed by atoms with Crippen LogP contribution in [-0.2, 0) is 9.84 Å². The van der Waals surface area contributed by atoms with Crippen LogP contribution in [0, 0.1) is 13.8 Å². The van der Waals surface area contributed by atoms with Crippen LogP contribution in [0.25, 0.3) is 6.08 Å². The van der Waals surface area contributed by atoms with Crippen molar-refractivity contribution in [3.63, 3.8) is 0 Å². The summed E-state index contributed by atoms with van der Waals surface area (Å²) < 4.78 is 26.8. The van der Waals surface area contributed by atoms with Crippen molar-refractivity contribution < 1.29 is 12.8 Å². The van der Waals surface area contributed by atoms with E-state index in [0.29, 0.717) is 0 Å². The summed E-state index contributed by atoms with van der Waals surface area (Å²) >= 11 is 0. The molecule has 0 aliphatic carbocycles. The Morgan fingerprint density at radius 2 is 2.00 bits per heavy atom. The van der Waals surface area contributed by atoms with Crippen LogP contribution in [0.1, 0.15) is 16.9 Å². The van der Waals surface area contributed by atoms with Crippen LogP contribution in [0.2, 0.25) is 0 Å².